The normalized spacial score (nSPS) is 14.6. The molecule has 8 nitrogen and oxygen atoms in total. The van der Waals surface area contributed by atoms with Crippen molar-refractivity contribution >= 4 is 22.8 Å². The van der Waals surface area contributed by atoms with E-state index >= 15 is 0 Å². The number of carbonyl (C=O) groups is 2. The molecule has 0 aliphatic carbocycles. The summed E-state index contributed by atoms with van der Waals surface area (Å²) in [5, 5.41) is 0. The Morgan fingerprint density at radius 1 is 0.885 bits per heavy atom. The third-order valence-corrected chi connectivity index (χ3v) is 4.50. The van der Waals surface area contributed by atoms with E-state index < -0.39 is 0 Å². The van der Waals surface area contributed by atoms with Gasteiger partial charge in [-0.1, -0.05) is 6.07 Å². The minimum atomic E-state index is -0.300. The topological polar surface area (TPSA) is 102 Å². The Morgan fingerprint density at radius 3 is 2.27 bits per heavy atom. The van der Waals surface area contributed by atoms with Gasteiger partial charge in [-0.15, -0.1) is 0 Å². The number of rotatable bonds is 2. The van der Waals surface area contributed by atoms with Crippen molar-refractivity contribution in [3.05, 3.63) is 64.3 Å². The molecule has 0 spiro atoms. The molecule has 1 aromatic carbocycles. The van der Waals surface area contributed by atoms with Crippen molar-refractivity contribution < 1.29 is 9.59 Å². The second-order valence-corrected chi connectivity index (χ2v) is 6.14. The molecule has 1 aliphatic heterocycles. The molecule has 132 valence electrons. The highest BCUT2D eigenvalue weighted by Gasteiger charge is 2.26. The first-order chi connectivity index (χ1) is 12.6. The maximum absolute atomic E-state index is 12.7. The summed E-state index contributed by atoms with van der Waals surface area (Å²) in [5.41, 5.74) is 1.89. The molecular formula is C18H17N5O3. The monoisotopic (exact) mass is 351 g/mol. The molecule has 0 unspecified atom stereocenters. The van der Waals surface area contributed by atoms with Gasteiger partial charge in [0, 0.05) is 37.9 Å². The number of imidazole rings is 1. The smallest absolute Gasteiger partial charge is 0.323 e. The van der Waals surface area contributed by atoms with Crippen LogP contribution in [0.25, 0.3) is 11.0 Å². The molecule has 1 aliphatic rings. The zero-order valence-electron chi connectivity index (χ0n) is 13.9. The van der Waals surface area contributed by atoms with Crippen LogP contribution in [-0.4, -0.2) is 62.7 Å². The van der Waals surface area contributed by atoms with Crippen molar-refractivity contribution in [2.24, 2.45) is 0 Å². The third kappa shape index (κ3) is 2.97. The minimum absolute atomic E-state index is 0.112. The van der Waals surface area contributed by atoms with Crippen LogP contribution in [-0.2, 0) is 0 Å². The van der Waals surface area contributed by atoms with Crippen LogP contribution in [0, 0.1) is 0 Å². The lowest BCUT2D eigenvalue weighted by Crippen LogP contribution is -2.50. The quantitative estimate of drug-likeness (QED) is 0.714. The van der Waals surface area contributed by atoms with Crippen molar-refractivity contribution in [1.29, 1.82) is 0 Å². The van der Waals surface area contributed by atoms with Crippen LogP contribution in [0.3, 0.4) is 0 Å². The lowest BCUT2D eigenvalue weighted by Gasteiger charge is -2.34. The molecule has 0 radical (unpaired) electrons. The minimum Gasteiger partial charge on any atom is -0.335 e. The fourth-order valence-corrected chi connectivity index (χ4v) is 3.11. The molecule has 4 rings (SSSR count). The number of aromatic amines is 2. The van der Waals surface area contributed by atoms with Gasteiger partial charge < -0.3 is 19.8 Å². The van der Waals surface area contributed by atoms with E-state index in [1.807, 2.05) is 0 Å². The molecule has 2 aromatic heterocycles. The van der Waals surface area contributed by atoms with Gasteiger partial charge in [0.15, 0.2) is 0 Å². The van der Waals surface area contributed by atoms with Crippen LogP contribution < -0.4 is 5.69 Å². The number of hydrogen-bond donors (Lipinski definition) is 2. The van der Waals surface area contributed by atoms with Gasteiger partial charge in [-0.05, 0) is 30.3 Å². The van der Waals surface area contributed by atoms with Crippen molar-refractivity contribution in [1.82, 2.24) is 24.8 Å². The Hall–Kier alpha value is -3.42. The molecule has 8 heteroatoms. The van der Waals surface area contributed by atoms with Crippen molar-refractivity contribution in [2.45, 2.75) is 0 Å². The van der Waals surface area contributed by atoms with Gasteiger partial charge in [0.05, 0.1) is 11.0 Å². The molecule has 0 saturated carbocycles. The van der Waals surface area contributed by atoms with Crippen LogP contribution in [0.5, 0.6) is 0 Å². The van der Waals surface area contributed by atoms with E-state index in [-0.39, 0.29) is 17.5 Å². The summed E-state index contributed by atoms with van der Waals surface area (Å²) in [6, 6.07) is 10.3. The highest BCUT2D eigenvalue weighted by molar-refractivity contribution is 5.97. The number of piperazine rings is 1. The number of fused-ring (bicyclic) bond motifs is 1. The second-order valence-electron chi connectivity index (χ2n) is 6.14. The van der Waals surface area contributed by atoms with E-state index in [9.17, 15) is 14.4 Å². The maximum Gasteiger partial charge on any atom is 0.323 e. The predicted octanol–water partition coefficient (Wildman–Crippen LogP) is 0.849. The average Bonchev–Trinajstić information content (AvgIpc) is 3.07. The van der Waals surface area contributed by atoms with Crippen molar-refractivity contribution in [2.75, 3.05) is 26.2 Å². The van der Waals surface area contributed by atoms with E-state index in [1.54, 1.807) is 52.4 Å². The van der Waals surface area contributed by atoms with Gasteiger partial charge >= 0.3 is 5.69 Å². The summed E-state index contributed by atoms with van der Waals surface area (Å²) in [6.45, 7) is 1.84. The van der Waals surface area contributed by atoms with E-state index in [2.05, 4.69) is 15.0 Å². The Morgan fingerprint density at radius 2 is 1.58 bits per heavy atom. The molecule has 0 bridgehead atoms. The average molecular weight is 351 g/mol. The lowest BCUT2D eigenvalue weighted by atomic mass is 10.1. The van der Waals surface area contributed by atoms with Crippen molar-refractivity contribution in [3.63, 3.8) is 0 Å². The van der Waals surface area contributed by atoms with Gasteiger partial charge in [0.25, 0.3) is 11.8 Å². The zero-order valence-corrected chi connectivity index (χ0v) is 13.9. The van der Waals surface area contributed by atoms with Crippen LogP contribution in [0.2, 0.25) is 0 Å². The van der Waals surface area contributed by atoms with Crippen LogP contribution in [0.15, 0.2) is 47.4 Å². The summed E-state index contributed by atoms with van der Waals surface area (Å²) >= 11 is 0. The Labute approximate surface area is 148 Å². The fourth-order valence-electron chi connectivity index (χ4n) is 3.11. The molecule has 3 heterocycles. The van der Waals surface area contributed by atoms with Crippen LogP contribution in [0.4, 0.5) is 0 Å². The fraction of sp³-hybridized carbons (Fsp3) is 0.222. The number of pyridine rings is 1. The van der Waals surface area contributed by atoms with Crippen LogP contribution >= 0.6 is 0 Å². The summed E-state index contributed by atoms with van der Waals surface area (Å²) in [7, 11) is 0. The largest absolute Gasteiger partial charge is 0.335 e. The number of carbonyl (C=O) groups excluding carboxylic acids is 2. The van der Waals surface area contributed by atoms with Gasteiger partial charge in [-0.2, -0.15) is 0 Å². The van der Waals surface area contributed by atoms with Gasteiger partial charge in [-0.3, -0.25) is 14.6 Å². The summed E-state index contributed by atoms with van der Waals surface area (Å²) in [5.74, 6) is -0.233. The SMILES string of the molecule is O=C(c1ccc2[nH]c(=O)[nH]c2c1)N1CCN(C(=O)c2ccccn2)CC1. The summed E-state index contributed by atoms with van der Waals surface area (Å²) < 4.78 is 0. The number of amides is 2. The third-order valence-electron chi connectivity index (χ3n) is 4.50. The predicted molar refractivity (Wildman–Crippen MR) is 95.0 cm³/mol. The van der Waals surface area contributed by atoms with Gasteiger partial charge in [0.1, 0.15) is 5.69 Å². The van der Waals surface area contributed by atoms with E-state index in [0.717, 1.165) is 0 Å². The number of H-pyrrole nitrogens is 2. The van der Waals surface area contributed by atoms with Gasteiger partial charge in [-0.25, -0.2) is 4.79 Å². The van der Waals surface area contributed by atoms with E-state index in [0.29, 0.717) is 48.5 Å². The second kappa shape index (κ2) is 6.47. The molecule has 2 N–H and O–H groups in total. The highest BCUT2D eigenvalue weighted by atomic mass is 16.2. The molecule has 2 amide bonds. The lowest BCUT2D eigenvalue weighted by molar-refractivity contribution is 0.0532. The van der Waals surface area contributed by atoms with Gasteiger partial charge in [0.2, 0.25) is 0 Å². The summed E-state index contributed by atoms with van der Waals surface area (Å²) in [4.78, 5) is 49.3. The Bertz CT molecular complexity index is 1020. The van der Waals surface area contributed by atoms with E-state index in [1.165, 1.54) is 0 Å². The molecular weight excluding hydrogens is 334 g/mol. The molecule has 1 saturated heterocycles. The van der Waals surface area contributed by atoms with E-state index in [4.69, 9.17) is 0 Å². The molecule has 26 heavy (non-hydrogen) atoms. The number of nitrogens with one attached hydrogen (secondary N) is 2. The first-order valence-electron chi connectivity index (χ1n) is 8.33. The zero-order chi connectivity index (χ0) is 18.1. The number of hydrogen-bond acceptors (Lipinski definition) is 4. The number of nitrogens with zero attached hydrogens (tertiary/aromatic N) is 3. The number of benzene rings is 1. The first-order valence-corrected chi connectivity index (χ1v) is 8.33. The highest BCUT2D eigenvalue weighted by Crippen LogP contribution is 2.14. The van der Waals surface area contributed by atoms with Crippen molar-refractivity contribution in [3.8, 4) is 0 Å². The molecule has 3 aromatic rings. The summed E-state index contributed by atoms with van der Waals surface area (Å²) in [6.07, 6.45) is 1.59. The molecule has 1 fully saturated rings. The maximum atomic E-state index is 12.7. The standard InChI is InChI=1S/C18H17N5O3/c24-16(12-4-5-13-15(11-12)21-18(26)20-13)22-7-9-23(10-8-22)17(25)14-3-1-2-6-19-14/h1-6,11H,7-10H2,(H2,20,21,26). The molecule has 0 atom stereocenters. The first kappa shape index (κ1) is 16.1. The van der Waals surface area contributed by atoms with Crippen LogP contribution in [0.1, 0.15) is 20.8 Å². The Balaban J connectivity index is 1.44. The number of aromatic nitrogens is 3. The Kier molecular flexibility index (Phi) is 4.00.